The van der Waals surface area contributed by atoms with Gasteiger partial charge in [0.05, 0.1) is 28.9 Å². The van der Waals surface area contributed by atoms with Gasteiger partial charge in [-0.15, -0.1) is 11.3 Å². The second kappa shape index (κ2) is 6.15. The molecule has 0 aliphatic rings. The highest BCUT2D eigenvalue weighted by Crippen LogP contribution is 2.31. The highest BCUT2D eigenvalue weighted by molar-refractivity contribution is 9.10. The summed E-state index contributed by atoms with van der Waals surface area (Å²) < 4.78 is 38.3. The number of halogens is 4. The fourth-order valence-corrected chi connectivity index (χ4v) is 2.77. The summed E-state index contributed by atoms with van der Waals surface area (Å²) in [4.78, 5) is 16.9. The minimum atomic E-state index is -4.48. The van der Waals surface area contributed by atoms with Crippen LogP contribution in [0.4, 0.5) is 13.2 Å². The minimum Gasteiger partial charge on any atom is -0.347 e. The van der Waals surface area contributed by atoms with E-state index in [1.807, 2.05) is 0 Å². The maximum absolute atomic E-state index is 12.7. The predicted molar refractivity (Wildman–Crippen MR) is 77.2 cm³/mol. The van der Waals surface area contributed by atoms with Gasteiger partial charge in [-0.05, 0) is 41.1 Å². The maximum Gasteiger partial charge on any atom is 0.416 e. The molecule has 1 heterocycles. The summed E-state index contributed by atoms with van der Waals surface area (Å²) in [5, 5.41) is 2.60. The average molecular weight is 379 g/mol. The van der Waals surface area contributed by atoms with E-state index in [4.69, 9.17) is 0 Å². The van der Waals surface area contributed by atoms with Crippen molar-refractivity contribution in [3.63, 3.8) is 0 Å². The van der Waals surface area contributed by atoms with E-state index in [9.17, 15) is 18.0 Å². The number of nitrogens with zero attached hydrogens (tertiary/aromatic N) is 1. The zero-order valence-electron chi connectivity index (χ0n) is 10.8. The number of rotatable bonds is 3. The number of hydrogen-bond acceptors (Lipinski definition) is 3. The summed E-state index contributed by atoms with van der Waals surface area (Å²) in [7, 11) is 0. The first-order chi connectivity index (χ1) is 9.79. The van der Waals surface area contributed by atoms with E-state index in [-0.39, 0.29) is 12.1 Å². The molecule has 0 aliphatic carbocycles. The number of hydrogen-bond donors (Lipinski definition) is 1. The van der Waals surface area contributed by atoms with Gasteiger partial charge in [0, 0.05) is 9.35 Å². The lowest BCUT2D eigenvalue weighted by atomic mass is 10.1. The van der Waals surface area contributed by atoms with Crippen LogP contribution < -0.4 is 5.32 Å². The van der Waals surface area contributed by atoms with Gasteiger partial charge in [-0.2, -0.15) is 13.2 Å². The molecular weight excluding hydrogens is 369 g/mol. The second-order valence-electron chi connectivity index (χ2n) is 4.24. The number of amides is 1. The molecule has 0 aliphatic heterocycles. The van der Waals surface area contributed by atoms with Crippen LogP contribution in [0.5, 0.6) is 0 Å². The van der Waals surface area contributed by atoms with Gasteiger partial charge in [-0.25, -0.2) is 4.98 Å². The fourth-order valence-electron chi connectivity index (χ4n) is 1.63. The quantitative estimate of drug-likeness (QED) is 0.870. The Hall–Kier alpha value is -1.41. The number of carbonyl (C=O) groups is 1. The monoisotopic (exact) mass is 378 g/mol. The number of alkyl halides is 3. The largest absolute Gasteiger partial charge is 0.416 e. The standard InChI is InChI=1S/C13H10BrF3N2OS/c1-7-11(21-6-19-7)5-18-12(20)9-4-8(13(15,16)17)2-3-10(9)14/h2-4,6H,5H2,1H3,(H,18,20). The molecule has 1 aromatic heterocycles. The molecular formula is C13H10BrF3N2OS. The molecule has 0 atom stereocenters. The Morgan fingerprint density at radius 3 is 2.71 bits per heavy atom. The van der Waals surface area contributed by atoms with Crippen molar-refractivity contribution in [2.24, 2.45) is 0 Å². The number of thiazole rings is 1. The van der Waals surface area contributed by atoms with Crippen molar-refractivity contribution in [1.82, 2.24) is 10.3 Å². The topological polar surface area (TPSA) is 42.0 Å². The van der Waals surface area contributed by atoms with Gasteiger partial charge in [0.2, 0.25) is 0 Å². The summed E-state index contributed by atoms with van der Waals surface area (Å²) >= 11 is 4.47. The number of carbonyl (C=O) groups excluding carboxylic acids is 1. The van der Waals surface area contributed by atoms with Crippen molar-refractivity contribution in [3.05, 3.63) is 49.9 Å². The molecule has 3 nitrogen and oxygen atoms in total. The SMILES string of the molecule is Cc1ncsc1CNC(=O)c1cc(C(F)(F)F)ccc1Br. The van der Waals surface area contributed by atoms with Crippen molar-refractivity contribution >= 4 is 33.2 Å². The van der Waals surface area contributed by atoms with Crippen molar-refractivity contribution < 1.29 is 18.0 Å². The van der Waals surface area contributed by atoms with E-state index >= 15 is 0 Å². The molecule has 8 heteroatoms. The molecule has 0 saturated heterocycles. The molecule has 0 saturated carbocycles. The van der Waals surface area contributed by atoms with Gasteiger partial charge in [-0.1, -0.05) is 0 Å². The minimum absolute atomic E-state index is 0.0491. The molecule has 1 amide bonds. The van der Waals surface area contributed by atoms with Crippen LogP contribution in [-0.4, -0.2) is 10.9 Å². The highest BCUT2D eigenvalue weighted by atomic mass is 79.9. The molecule has 0 spiro atoms. The lowest BCUT2D eigenvalue weighted by Crippen LogP contribution is -2.23. The van der Waals surface area contributed by atoms with Gasteiger partial charge in [0.15, 0.2) is 0 Å². The molecule has 1 N–H and O–H groups in total. The Labute approximate surface area is 131 Å². The summed E-state index contributed by atoms with van der Waals surface area (Å²) in [6.45, 7) is 2.04. The summed E-state index contributed by atoms with van der Waals surface area (Å²) in [5.41, 5.74) is 1.54. The van der Waals surface area contributed by atoms with Crippen molar-refractivity contribution in [2.75, 3.05) is 0 Å². The maximum atomic E-state index is 12.7. The Kier molecular flexibility index (Phi) is 4.67. The third-order valence-corrected chi connectivity index (χ3v) is 4.42. The van der Waals surface area contributed by atoms with Gasteiger partial charge in [-0.3, -0.25) is 4.79 Å². The molecule has 0 bridgehead atoms. The van der Waals surface area contributed by atoms with Gasteiger partial charge in [0.1, 0.15) is 0 Å². The normalized spacial score (nSPS) is 11.5. The van der Waals surface area contributed by atoms with Gasteiger partial charge < -0.3 is 5.32 Å². The van der Waals surface area contributed by atoms with Crippen molar-refractivity contribution in [3.8, 4) is 0 Å². The zero-order chi connectivity index (χ0) is 15.6. The van der Waals surface area contributed by atoms with E-state index in [1.165, 1.54) is 17.4 Å². The van der Waals surface area contributed by atoms with E-state index < -0.39 is 17.6 Å². The van der Waals surface area contributed by atoms with Gasteiger partial charge >= 0.3 is 6.18 Å². The highest BCUT2D eigenvalue weighted by Gasteiger charge is 2.31. The third kappa shape index (κ3) is 3.82. The Balaban J connectivity index is 2.17. The number of aromatic nitrogens is 1. The second-order valence-corrected chi connectivity index (χ2v) is 6.03. The molecule has 0 fully saturated rings. The smallest absolute Gasteiger partial charge is 0.347 e. The molecule has 1 aromatic carbocycles. The first-order valence-electron chi connectivity index (χ1n) is 5.83. The number of nitrogens with one attached hydrogen (secondary N) is 1. The molecule has 0 unspecified atom stereocenters. The Morgan fingerprint density at radius 1 is 1.43 bits per heavy atom. The van der Waals surface area contributed by atoms with Crippen molar-refractivity contribution in [2.45, 2.75) is 19.6 Å². The van der Waals surface area contributed by atoms with Gasteiger partial charge in [0.25, 0.3) is 5.91 Å². The lowest BCUT2D eigenvalue weighted by Gasteiger charge is -2.11. The van der Waals surface area contributed by atoms with Crippen LogP contribution in [0.25, 0.3) is 0 Å². The van der Waals surface area contributed by atoms with Crippen LogP contribution in [0, 0.1) is 6.92 Å². The van der Waals surface area contributed by atoms with Crippen LogP contribution in [0.1, 0.15) is 26.5 Å². The number of benzene rings is 1. The van der Waals surface area contributed by atoms with Crippen LogP contribution in [0.3, 0.4) is 0 Å². The Bertz CT molecular complexity index is 670. The molecule has 21 heavy (non-hydrogen) atoms. The summed E-state index contributed by atoms with van der Waals surface area (Å²) in [6, 6.07) is 2.98. The molecule has 2 aromatic rings. The molecule has 2 rings (SSSR count). The fraction of sp³-hybridized carbons (Fsp3) is 0.231. The van der Waals surface area contributed by atoms with Crippen LogP contribution in [-0.2, 0) is 12.7 Å². The van der Waals surface area contributed by atoms with E-state index in [0.29, 0.717) is 4.47 Å². The molecule has 0 radical (unpaired) electrons. The molecule has 112 valence electrons. The average Bonchev–Trinajstić information content (AvgIpc) is 2.80. The van der Waals surface area contributed by atoms with Crippen LogP contribution in [0.15, 0.2) is 28.2 Å². The number of aryl methyl sites for hydroxylation is 1. The van der Waals surface area contributed by atoms with E-state index in [0.717, 1.165) is 22.7 Å². The van der Waals surface area contributed by atoms with Crippen molar-refractivity contribution in [1.29, 1.82) is 0 Å². The zero-order valence-corrected chi connectivity index (χ0v) is 13.2. The van der Waals surface area contributed by atoms with E-state index in [1.54, 1.807) is 12.4 Å². The van der Waals surface area contributed by atoms with E-state index in [2.05, 4.69) is 26.2 Å². The lowest BCUT2D eigenvalue weighted by molar-refractivity contribution is -0.137. The first-order valence-corrected chi connectivity index (χ1v) is 7.50. The summed E-state index contributed by atoms with van der Waals surface area (Å²) in [5.74, 6) is -0.569. The van der Waals surface area contributed by atoms with Crippen LogP contribution >= 0.6 is 27.3 Å². The Morgan fingerprint density at radius 2 is 2.14 bits per heavy atom. The third-order valence-electron chi connectivity index (χ3n) is 2.79. The summed E-state index contributed by atoms with van der Waals surface area (Å²) in [6.07, 6.45) is -4.48. The predicted octanol–water partition coefficient (Wildman–Crippen LogP) is 4.16. The van der Waals surface area contributed by atoms with Crippen LogP contribution in [0.2, 0.25) is 0 Å². The first kappa shape index (κ1) is 16.0.